The number of hydrogen-bond acceptors (Lipinski definition) is 6. The number of aryl methyl sites for hydroxylation is 1. The van der Waals surface area contributed by atoms with Crippen LogP contribution in [0.5, 0.6) is 0 Å². The first-order chi connectivity index (χ1) is 18.4. The number of carbonyl (C=O) groups excluding carboxylic acids is 1. The Bertz CT molecular complexity index is 1510. The van der Waals surface area contributed by atoms with Crippen LogP contribution in [0.4, 0.5) is 9.18 Å². The van der Waals surface area contributed by atoms with E-state index in [4.69, 9.17) is 9.15 Å². The van der Waals surface area contributed by atoms with Crippen molar-refractivity contribution in [3.05, 3.63) is 58.3 Å². The number of nitriles is 1. The molecule has 2 atom stereocenters. The number of ether oxygens (including phenoxy) is 1. The molecule has 1 fully saturated rings. The minimum absolute atomic E-state index is 0.105. The Labute approximate surface area is 224 Å². The van der Waals surface area contributed by atoms with Gasteiger partial charge >= 0.3 is 11.8 Å². The van der Waals surface area contributed by atoms with Gasteiger partial charge in [0.1, 0.15) is 11.9 Å². The number of fused-ring (bicyclic) bond motifs is 1. The summed E-state index contributed by atoms with van der Waals surface area (Å²) in [7, 11) is 1.58. The van der Waals surface area contributed by atoms with E-state index in [2.05, 4.69) is 5.32 Å². The largest absolute Gasteiger partial charge is 0.465 e. The zero-order valence-corrected chi connectivity index (χ0v) is 22.3. The standard InChI is InChI=1S/C28H31FN4O6/c1-27(2,3)28(16-33(25(35)36)10-5-11-38-28)24(34)31-20(15-30)12-19-7-6-17(13-21(19)29)18-8-9-23-22(14-18)32(4)26(37)39-23/h6-9,13-14,20H,5,10-12,16H2,1-4H3,(H,31,34)(H,35,36)/t20-,28?/m0/s1. The van der Waals surface area contributed by atoms with Crippen molar-refractivity contribution in [3.8, 4) is 17.2 Å². The zero-order chi connectivity index (χ0) is 28.5. The smallest absolute Gasteiger partial charge is 0.419 e. The number of carboxylic acid groups (broad SMARTS) is 1. The van der Waals surface area contributed by atoms with Crippen molar-refractivity contribution in [2.75, 3.05) is 19.7 Å². The molecule has 3 aromatic rings. The van der Waals surface area contributed by atoms with Crippen molar-refractivity contribution in [2.45, 2.75) is 45.3 Å². The van der Waals surface area contributed by atoms with E-state index in [-0.39, 0.29) is 31.7 Å². The number of benzene rings is 2. The number of aromatic nitrogens is 1. The maximum atomic E-state index is 15.2. The summed E-state index contributed by atoms with van der Waals surface area (Å²) in [5.41, 5.74) is 0.123. The van der Waals surface area contributed by atoms with Crippen molar-refractivity contribution >= 4 is 23.1 Å². The number of rotatable bonds is 5. The number of halogens is 1. The van der Waals surface area contributed by atoms with Gasteiger partial charge in [0.25, 0.3) is 5.91 Å². The van der Waals surface area contributed by atoms with Gasteiger partial charge in [0.15, 0.2) is 11.2 Å². The van der Waals surface area contributed by atoms with Crippen LogP contribution in [-0.2, 0) is 23.0 Å². The highest BCUT2D eigenvalue weighted by Crippen LogP contribution is 2.37. The lowest BCUT2D eigenvalue weighted by Gasteiger charge is -2.43. The Morgan fingerprint density at radius 3 is 2.56 bits per heavy atom. The van der Waals surface area contributed by atoms with Crippen molar-refractivity contribution < 1.29 is 28.2 Å². The number of oxazole rings is 1. The normalized spacial score (nSPS) is 18.8. The summed E-state index contributed by atoms with van der Waals surface area (Å²) in [6.45, 7) is 5.54. The van der Waals surface area contributed by atoms with E-state index < -0.39 is 40.6 Å². The molecule has 2 heterocycles. The topological polar surface area (TPSA) is 138 Å². The second-order valence-corrected chi connectivity index (χ2v) is 10.8. The van der Waals surface area contributed by atoms with Gasteiger partial charge in [-0.25, -0.2) is 14.0 Å². The molecular formula is C28H31FN4O6. The average molecular weight is 539 g/mol. The van der Waals surface area contributed by atoms with Crippen LogP contribution in [0.2, 0.25) is 0 Å². The summed E-state index contributed by atoms with van der Waals surface area (Å²) in [6, 6.07) is 10.6. The number of nitrogens with one attached hydrogen (secondary N) is 1. The van der Waals surface area contributed by atoms with Crippen LogP contribution in [-0.4, -0.2) is 57.9 Å². The highest BCUT2D eigenvalue weighted by molar-refractivity contribution is 5.88. The molecular weight excluding hydrogens is 507 g/mol. The SMILES string of the molecule is Cn1c(=O)oc2ccc(-c3ccc(C[C@@H](C#N)NC(=O)C4(C(C)(C)C)CN(C(=O)O)CCCO4)c(F)c3)cc21. The summed E-state index contributed by atoms with van der Waals surface area (Å²) >= 11 is 0. The fraction of sp³-hybridized carbons (Fsp3) is 0.429. The molecule has 0 saturated carbocycles. The minimum atomic E-state index is -1.54. The second-order valence-electron chi connectivity index (χ2n) is 10.8. The Hall–Kier alpha value is -4.17. The monoisotopic (exact) mass is 538 g/mol. The molecule has 2 aromatic carbocycles. The third kappa shape index (κ3) is 5.38. The highest BCUT2D eigenvalue weighted by atomic mass is 19.1. The number of carbonyl (C=O) groups is 2. The Balaban J connectivity index is 1.56. The van der Waals surface area contributed by atoms with E-state index in [0.717, 1.165) is 4.90 Å². The van der Waals surface area contributed by atoms with E-state index in [1.807, 2.05) is 6.07 Å². The lowest BCUT2D eigenvalue weighted by atomic mass is 9.75. The van der Waals surface area contributed by atoms with Crippen LogP contribution < -0.4 is 11.1 Å². The Kier molecular flexibility index (Phi) is 7.52. The van der Waals surface area contributed by atoms with E-state index in [1.54, 1.807) is 58.2 Å². The van der Waals surface area contributed by atoms with Crippen LogP contribution in [0.25, 0.3) is 22.2 Å². The first-order valence-corrected chi connectivity index (χ1v) is 12.6. The summed E-state index contributed by atoms with van der Waals surface area (Å²) in [4.78, 5) is 38.2. The maximum Gasteiger partial charge on any atom is 0.419 e. The molecule has 2 N–H and O–H groups in total. The molecule has 0 bridgehead atoms. The van der Waals surface area contributed by atoms with Crippen molar-refractivity contribution in [3.63, 3.8) is 0 Å². The number of nitrogens with zero attached hydrogens (tertiary/aromatic N) is 3. The molecule has 10 nitrogen and oxygen atoms in total. The molecule has 1 unspecified atom stereocenters. The number of amides is 2. The van der Waals surface area contributed by atoms with Gasteiger partial charge in [0, 0.05) is 32.0 Å². The molecule has 1 saturated heterocycles. The van der Waals surface area contributed by atoms with Crippen molar-refractivity contribution in [1.29, 1.82) is 5.26 Å². The van der Waals surface area contributed by atoms with Crippen LogP contribution in [0.1, 0.15) is 32.8 Å². The predicted molar refractivity (Wildman–Crippen MR) is 140 cm³/mol. The van der Waals surface area contributed by atoms with Gasteiger partial charge in [-0.2, -0.15) is 5.26 Å². The fourth-order valence-electron chi connectivity index (χ4n) is 4.81. The van der Waals surface area contributed by atoms with Crippen LogP contribution in [0, 0.1) is 22.6 Å². The second kappa shape index (κ2) is 10.5. The van der Waals surface area contributed by atoms with Gasteiger partial charge in [-0.15, -0.1) is 0 Å². The van der Waals surface area contributed by atoms with Gasteiger partial charge < -0.3 is 24.5 Å². The third-order valence-corrected chi connectivity index (χ3v) is 7.25. The van der Waals surface area contributed by atoms with Crippen LogP contribution in [0.3, 0.4) is 0 Å². The molecule has 4 rings (SSSR count). The predicted octanol–water partition coefficient (Wildman–Crippen LogP) is 3.67. The molecule has 39 heavy (non-hydrogen) atoms. The molecule has 1 aliphatic heterocycles. The maximum absolute atomic E-state index is 15.2. The first kappa shape index (κ1) is 27.9. The molecule has 0 radical (unpaired) electrons. The molecule has 1 aromatic heterocycles. The Morgan fingerprint density at radius 1 is 1.23 bits per heavy atom. The van der Waals surface area contributed by atoms with Gasteiger partial charge in [-0.05, 0) is 41.3 Å². The van der Waals surface area contributed by atoms with Gasteiger partial charge in [0.2, 0.25) is 0 Å². The third-order valence-electron chi connectivity index (χ3n) is 7.25. The van der Waals surface area contributed by atoms with E-state index in [1.165, 1.54) is 10.6 Å². The summed E-state index contributed by atoms with van der Waals surface area (Å²) in [5.74, 6) is -1.67. The molecule has 0 aliphatic carbocycles. The van der Waals surface area contributed by atoms with E-state index >= 15 is 4.39 Å². The van der Waals surface area contributed by atoms with Crippen molar-refractivity contribution in [2.24, 2.45) is 12.5 Å². The first-order valence-electron chi connectivity index (χ1n) is 12.6. The van der Waals surface area contributed by atoms with Crippen molar-refractivity contribution in [1.82, 2.24) is 14.8 Å². The van der Waals surface area contributed by atoms with Gasteiger partial charge in [-0.3, -0.25) is 9.36 Å². The van der Waals surface area contributed by atoms with E-state index in [0.29, 0.717) is 28.6 Å². The van der Waals surface area contributed by atoms with Gasteiger partial charge in [0.05, 0.1) is 18.1 Å². The molecule has 1 aliphatic rings. The van der Waals surface area contributed by atoms with E-state index in [9.17, 15) is 24.8 Å². The lowest BCUT2D eigenvalue weighted by Crippen LogP contribution is -2.63. The Morgan fingerprint density at radius 2 is 1.92 bits per heavy atom. The quantitative estimate of drug-likeness (QED) is 0.505. The molecule has 11 heteroatoms. The number of hydrogen-bond donors (Lipinski definition) is 2. The van der Waals surface area contributed by atoms with Crippen LogP contribution >= 0.6 is 0 Å². The summed E-state index contributed by atoms with van der Waals surface area (Å²) < 4.78 is 27.7. The fourth-order valence-corrected chi connectivity index (χ4v) is 4.81. The summed E-state index contributed by atoms with van der Waals surface area (Å²) in [6.07, 6.45) is -0.831. The average Bonchev–Trinajstić information content (AvgIpc) is 3.04. The minimum Gasteiger partial charge on any atom is -0.465 e. The molecule has 0 spiro atoms. The lowest BCUT2D eigenvalue weighted by molar-refractivity contribution is -0.165. The van der Waals surface area contributed by atoms with Gasteiger partial charge in [-0.1, -0.05) is 39.0 Å². The highest BCUT2D eigenvalue weighted by Gasteiger charge is 2.53. The molecule has 2 amide bonds. The van der Waals surface area contributed by atoms with Crippen LogP contribution in [0.15, 0.2) is 45.6 Å². The zero-order valence-electron chi connectivity index (χ0n) is 22.3. The molecule has 206 valence electrons. The summed E-state index contributed by atoms with van der Waals surface area (Å²) in [5, 5.41) is 22.1.